The number of aryl methyl sites for hydroxylation is 10. The zero-order valence-electron chi connectivity index (χ0n) is 57.5. The normalized spacial score (nSPS) is 16.8. The Morgan fingerprint density at radius 3 is 0.704 bits per heavy atom. The summed E-state index contributed by atoms with van der Waals surface area (Å²) in [6, 6.07) is 27.3. The van der Waals surface area contributed by atoms with Crippen molar-refractivity contribution in [3.05, 3.63) is 246 Å². The minimum Gasteiger partial charge on any atom is -0.207 e. The molecule has 4 unspecified atom stereocenters. The van der Waals surface area contributed by atoms with Crippen LogP contribution >= 0.6 is 0 Å². The summed E-state index contributed by atoms with van der Waals surface area (Å²) in [7, 11) is 0. The van der Waals surface area contributed by atoms with Gasteiger partial charge in [-0.3, -0.25) is 0 Å². The molecule has 0 nitrogen and oxygen atoms in total. The molecule has 10 rings (SSSR count). The number of hydrogen-bond donors (Lipinski definition) is 0. The first-order valence-corrected chi connectivity index (χ1v) is 31.9. The van der Waals surface area contributed by atoms with E-state index >= 15 is 0 Å². The van der Waals surface area contributed by atoms with Gasteiger partial charge in [0.25, 0.3) is 0 Å². The Balaban J connectivity index is -0.0000000955. The number of rotatable bonds is 0. The van der Waals surface area contributed by atoms with E-state index in [0.29, 0.717) is 33.4 Å². The maximum atomic E-state index is 12.6. The van der Waals surface area contributed by atoms with Crippen molar-refractivity contribution in [2.45, 2.75) is 290 Å². The van der Waals surface area contributed by atoms with Crippen LogP contribution < -0.4 is 0 Å². The number of benzene rings is 6. The van der Waals surface area contributed by atoms with Crippen LogP contribution in [0.5, 0.6) is 0 Å². The highest BCUT2D eigenvalue weighted by molar-refractivity contribution is 5.27. The predicted octanol–water partition coefficient (Wildman–Crippen LogP) is 32.5. The summed E-state index contributed by atoms with van der Waals surface area (Å²) >= 11 is 0. The molecule has 1 fully saturated rings. The van der Waals surface area contributed by atoms with Crippen molar-refractivity contribution in [1.82, 2.24) is 0 Å². The lowest BCUT2D eigenvalue weighted by Gasteiger charge is -2.22. The third kappa shape index (κ3) is 50.3. The van der Waals surface area contributed by atoms with Gasteiger partial charge in [0, 0.05) is 12.6 Å². The van der Waals surface area contributed by atoms with Crippen molar-refractivity contribution < 1.29 is 36.5 Å². The SMILES string of the molecule is C.C.C.C.C.C.C.C.C.C.CC1=CCC(C)CC1.CC1=CCC(C)CC1.CC1C=CC(C)CC1.CC1CCC(C)CC1.Cc1cc(F)c(C)c(F)c1.Cc1cc(F)c(C)c(F)c1.Cc1ccc(C)c(F)c1.Cc1ccc(C)c(F)c1.Cc1ccc(C)c(F)c1F.Cc1ccc(C)cc1.[HH]. The topological polar surface area (TPSA) is 0 Å². The summed E-state index contributed by atoms with van der Waals surface area (Å²) in [5.74, 6) is 2.00. The first-order valence-electron chi connectivity index (χ1n) is 31.9. The molecule has 568 valence electrons. The standard InChI is InChI=1S/3C8H8F2.2C8H9F.C8H16.3C8H14.C8H10.10CH4.H2/c2*1-5-3-7(9)6(2)8(10)4-5;1-5-3-4-6(2)8(10)7(5)9;2*1-6-3-4-7(2)8(9)5-6;5*1-7-3-5-8(2)6-4-7;;;;;;;;;;;/h3*3-4H,1-2H3;2*3-5H,1-2H3;7-8H,3-6H2,1-2H3;2*3,8H,4-6H2,1-2H3;3,5,7-8H,4,6H2,1-2H3;3-6H,1-2H3;10*1H4;1H. The number of halogens is 8. The largest absolute Gasteiger partial charge is 0.207 e. The minimum absolute atomic E-state index is 0. The number of hydrogen-bond acceptors (Lipinski definition) is 0. The van der Waals surface area contributed by atoms with Gasteiger partial charge in [0.15, 0.2) is 11.6 Å². The van der Waals surface area contributed by atoms with Crippen LogP contribution in [0.4, 0.5) is 35.1 Å². The molecule has 0 radical (unpaired) electrons. The Bertz CT molecular complexity index is 2800. The van der Waals surface area contributed by atoms with Crippen molar-refractivity contribution in [2.24, 2.45) is 35.5 Å². The second-order valence-electron chi connectivity index (χ2n) is 25.8. The Kier molecular flexibility index (Phi) is 70.4. The second-order valence-corrected chi connectivity index (χ2v) is 25.8. The highest BCUT2D eigenvalue weighted by atomic mass is 19.2. The van der Waals surface area contributed by atoms with E-state index in [4.69, 9.17) is 0 Å². The van der Waals surface area contributed by atoms with Gasteiger partial charge in [0.05, 0.1) is 0 Å². The Morgan fingerprint density at radius 1 is 0.265 bits per heavy atom. The molecule has 0 saturated heterocycles. The van der Waals surface area contributed by atoms with E-state index in [1.807, 2.05) is 26.0 Å². The lowest BCUT2D eigenvalue weighted by atomic mass is 9.84. The first kappa shape index (κ1) is 113. The fourth-order valence-electron chi connectivity index (χ4n) is 9.04. The van der Waals surface area contributed by atoms with Crippen LogP contribution in [0, 0.1) is 165 Å². The minimum atomic E-state index is -0.736. The maximum absolute atomic E-state index is 12.6. The van der Waals surface area contributed by atoms with Crippen molar-refractivity contribution >= 4 is 0 Å². The van der Waals surface area contributed by atoms with E-state index in [-0.39, 0.29) is 98.5 Å². The molecule has 1 saturated carbocycles. The van der Waals surface area contributed by atoms with Gasteiger partial charge < -0.3 is 0 Å². The monoisotopic (exact) mass is 1390 g/mol. The fraction of sp³-hybridized carbons (Fsp3) is 0.533. The second kappa shape index (κ2) is 60.9. The highest BCUT2D eigenvalue weighted by Crippen LogP contribution is 2.28. The summed E-state index contributed by atoms with van der Waals surface area (Å²) in [5.41, 5.74) is 11.3. The number of allylic oxidation sites excluding steroid dienone is 6. The van der Waals surface area contributed by atoms with Crippen LogP contribution in [0.3, 0.4) is 0 Å². The lowest BCUT2D eigenvalue weighted by molar-refractivity contribution is 0.308. The molecule has 0 spiro atoms. The molecule has 8 heteroatoms. The zero-order chi connectivity index (χ0) is 66.8. The van der Waals surface area contributed by atoms with Crippen LogP contribution in [0.15, 0.2) is 133 Å². The molecule has 0 N–H and O–H groups in total. The van der Waals surface area contributed by atoms with Gasteiger partial charge in [-0.15, -0.1) is 0 Å². The molecule has 0 bridgehead atoms. The quantitative estimate of drug-likeness (QED) is 0.105. The van der Waals surface area contributed by atoms with Gasteiger partial charge in [-0.2, -0.15) is 0 Å². The maximum Gasteiger partial charge on any atom is 0.161 e. The summed E-state index contributed by atoms with van der Waals surface area (Å²) < 4.78 is 101. The third-order valence-electron chi connectivity index (χ3n) is 16.1. The van der Waals surface area contributed by atoms with Crippen molar-refractivity contribution in [3.63, 3.8) is 0 Å². The molecule has 4 aliphatic rings. The molecule has 6 aromatic carbocycles. The molecular formula is C90H152F8. The van der Waals surface area contributed by atoms with Gasteiger partial charge in [-0.1, -0.05) is 249 Å². The highest BCUT2D eigenvalue weighted by Gasteiger charge is 2.14. The molecule has 98 heavy (non-hydrogen) atoms. The average Bonchev–Trinajstić information content (AvgIpc) is 0.965. The van der Waals surface area contributed by atoms with Gasteiger partial charge in [-0.25, -0.2) is 35.1 Å². The average molecular weight is 1390 g/mol. The molecule has 0 aliphatic heterocycles. The van der Waals surface area contributed by atoms with Crippen LogP contribution in [-0.2, 0) is 0 Å². The van der Waals surface area contributed by atoms with Gasteiger partial charge in [0.2, 0.25) is 0 Å². The van der Waals surface area contributed by atoms with E-state index in [0.717, 1.165) is 46.6 Å². The molecule has 4 aliphatic carbocycles. The summed E-state index contributed by atoms with van der Waals surface area (Å²) in [5, 5.41) is 0. The molecule has 0 amide bonds. The van der Waals surface area contributed by atoms with Gasteiger partial charge in [0.1, 0.15) is 34.9 Å². The van der Waals surface area contributed by atoms with Crippen LogP contribution in [-0.4, -0.2) is 0 Å². The lowest BCUT2D eigenvalue weighted by Crippen LogP contribution is -2.08. The summed E-state index contributed by atoms with van der Waals surface area (Å²) in [6.07, 6.45) is 26.2. The molecule has 6 aromatic rings. The molecular weight excluding hydrogens is 1230 g/mol. The van der Waals surface area contributed by atoms with E-state index in [9.17, 15) is 35.1 Å². The Morgan fingerprint density at radius 2 is 0.500 bits per heavy atom. The van der Waals surface area contributed by atoms with Crippen LogP contribution in [0.2, 0.25) is 0 Å². The van der Waals surface area contributed by atoms with E-state index < -0.39 is 34.9 Å². The molecule has 0 heterocycles. The van der Waals surface area contributed by atoms with Gasteiger partial charge >= 0.3 is 0 Å². The van der Waals surface area contributed by atoms with Crippen LogP contribution in [0.25, 0.3) is 0 Å². The Hall–Kier alpha value is -6.02. The summed E-state index contributed by atoms with van der Waals surface area (Å²) in [6.45, 7) is 39.1. The van der Waals surface area contributed by atoms with E-state index in [1.165, 1.54) is 152 Å². The third-order valence-corrected chi connectivity index (χ3v) is 16.1. The fourth-order valence-corrected chi connectivity index (χ4v) is 9.04. The summed E-state index contributed by atoms with van der Waals surface area (Å²) in [4.78, 5) is 0. The smallest absolute Gasteiger partial charge is 0.161 e. The van der Waals surface area contributed by atoms with Crippen LogP contribution in [0.1, 0.15) is 275 Å². The zero-order valence-corrected chi connectivity index (χ0v) is 57.5. The van der Waals surface area contributed by atoms with Crippen molar-refractivity contribution in [3.8, 4) is 0 Å². The molecule has 4 atom stereocenters. The molecule has 0 aromatic heterocycles. The van der Waals surface area contributed by atoms with Gasteiger partial charge in [-0.05, 0) is 265 Å². The first-order chi connectivity index (χ1) is 41.2. The van der Waals surface area contributed by atoms with Crippen molar-refractivity contribution in [1.29, 1.82) is 0 Å². The Labute approximate surface area is 604 Å². The predicted molar refractivity (Wildman–Crippen MR) is 432 cm³/mol. The van der Waals surface area contributed by atoms with Crippen molar-refractivity contribution in [2.75, 3.05) is 0 Å². The van der Waals surface area contributed by atoms with E-state index in [2.05, 4.69) is 118 Å². The van der Waals surface area contributed by atoms with E-state index in [1.54, 1.807) is 63.1 Å².